The fraction of sp³-hybridized carbons (Fsp3) is 0.200. The lowest BCUT2D eigenvalue weighted by molar-refractivity contribution is -0.115. The Morgan fingerprint density at radius 3 is 1.74 bits per heavy atom. The average Bonchev–Trinajstić information content (AvgIpc) is 3.07. The maximum absolute atomic E-state index is 12.4. The van der Waals surface area contributed by atoms with Gasteiger partial charge in [0.2, 0.25) is 0 Å². The monoisotopic (exact) mass is 368 g/mol. The Morgan fingerprint density at radius 1 is 0.778 bits per heavy atom. The molecule has 0 aromatic heterocycles. The fourth-order valence-electron chi connectivity index (χ4n) is 2.62. The van der Waals surface area contributed by atoms with Gasteiger partial charge in [-0.3, -0.25) is 4.79 Å². The van der Waals surface area contributed by atoms with Gasteiger partial charge in [0.1, 0.15) is 34.5 Å². The van der Waals surface area contributed by atoms with Crippen molar-refractivity contribution in [3.63, 3.8) is 0 Å². The van der Waals surface area contributed by atoms with Crippen LogP contribution in [-0.4, -0.2) is 40.2 Å². The van der Waals surface area contributed by atoms with Gasteiger partial charge in [0.15, 0.2) is 0 Å². The molecule has 0 aliphatic carbocycles. The van der Waals surface area contributed by atoms with Crippen LogP contribution in [0.2, 0.25) is 0 Å². The predicted octanol–water partition coefficient (Wildman–Crippen LogP) is 2.64. The highest BCUT2D eigenvalue weighted by Gasteiger charge is 2.22. The maximum Gasteiger partial charge on any atom is 0.275 e. The number of hydrogen-bond donors (Lipinski definition) is 1. The summed E-state index contributed by atoms with van der Waals surface area (Å²) in [5.41, 5.74) is 1.71. The lowest BCUT2D eigenvalue weighted by Crippen LogP contribution is -2.24. The second kappa shape index (κ2) is 7.82. The number of benzene rings is 2. The van der Waals surface area contributed by atoms with Crippen LogP contribution in [-0.2, 0) is 4.79 Å². The first kappa shape index (κ1) is 18.3. The van der Waals surface area contributed by atoms with Gasteiger partial charge in [0.05, 0.1) is 28.4 Å². The number of amides is 1. The molecule has 0 unspecified atom stereocenters. The number of nitrogens with zero attached hydrogens (tertiary/aromatic N) is 1. The van der Waals surface area contributed by atoms with Crippen molar-refractivity contribution in [2.75, 3.05) is 28.4 Å². The number of aliphatic imine (C=N–C) groups is 1. The van der Waals surface area contributed by atoms with E-state index in [1.54, 1.807) is 70.9 Å². The SMILES string of the molecule is COc1cc(/C=C2/N=C(c3cc(OC)cc(OC)c3)NC2=O)cc(OC)c1. The molecule has 0 atom stereocenters. The lowest BCUT2D eigenvalue weighted by atomic mass is 10.1. The quantitative estimate of drug-likeness (QED) is 0.793. The van der Waals surface area contributed by atoms with Gasteiger partial charge >= 0.3 is 0 Å². The zero-order chi connectivity index (χ0) is 19.4. The number of nitrogens with one attached hydrogen (secondary N) is 1. The second-order valence-corrected chi connectivity index (χ2v) is 5.69. The molecular formula is C20H20N2O5. The summed E-state index contributed by atoms with van der Waals surface area (Å²) in [6, 6.07) is 10.7. The summed E-state index contributed by atoms with van der Waals surface area (Å²) < 4.78 is 21.0. The maximum atomic E-state index is 12.4. The molecule has 1 aliphatic heterocycles. The summed E-state index contributed by atoms with van der Waals surface area (Å²) >= 11 is 0. The van der Waals surface area contributed by atoms with Gasteiger partial charge in [0, 0.05) is 17.7 Å². The number of carbonyl (C=O) groups excluding carboxylic acids is 1. The minimum atomic E-state index is -0.298. The van der Waals surface area contributed by atoms with Crippen molar-refractivity contribution < 1.29 is 23.7 Å². The molecule has 1 aliphatic rings. The van der Waals surface area contributed by atoms with Gasteiger partial charge < -0.3 is 24.3 Å². The van der Waals surface area contributed by atoms with Crippen LogP contribution in [0.3, 0.4) is 0 Å². The van der Waals surface area contributed by atoms with Gasteiger partial charge in [-0.1, -0.05) is 0 Å². The molecule has 0 bridgehead atoms. The summed E-state index contributed by atoms with van der Waals surface area (Å²) in [6.07, 6.45) is 1.67. The van der Waals surface area contributed by atoms with Crippen molar-refractivity contribution in [3.05, 3.63) is 53.2 Å². The van der Waals surface area contributed by atoms with Gasteiger partial charge in [-0.15, -0.1) is 0 Å². The van der Waals surface area contributed by atoms with Crippen molar-refractivity contribution in [1.82, 2.24) is 5.32 Å². The number of ether oxygens (including phenoxy) is 4. The van der Waals surface area contributed by atoms with E-state index in [4.69, 9.17) is 18.9 Å². The van der Waals surface area contributed by atoms with E-state index in [-0.39, 0.29) is 11.6 Å². The van der Waals surface area contributed by atoms with E-state index in [0.29, 0.717) is 34.4 Å². The van der Waals surface area contributed by atoms with Crippen LogP contribution in [0.25, 0.3) is 6.08 Å². The lowest BCUT2D eigenvalue weighted by Gasteiger charge is -2.08. The summed E-state index contributed by atoms with van der Waals surface area (Å²) in [5.74, 6) is 2.60. The van der Waals surface area contributed by atoms with Crippen molar-refractivity contribution in [2.45, 2.75) is 0 Å². The van der Waals surface area contributed by atoms with Gasteiger partial charge in [-0.05, 0) is 35.9 Å². The zero-order valence-electron chi connectivity index (χ0n) is 15.5. The third kappa shape index (κ3) is 4.03. The molecule has 7 heteroatoms. The molecule has 1 amide bonds. The van der Waals surface area contributed by atoms with E-state index in [2.05, 4.69) is 10.3 Å². The molecule has 3 rings (SSSR count). The average molecular weight is 368 g/mol. The van der Waals surface area contributed by atoms with Crippen molar-refractivity contribution in [1.29, 1.82) is 0 Å². The molecule has 1 heterocycles. The molecule has 0 spiro atoms. The standard InChI is InChI=1S/C20H20N2O5/c1-24-14-5-12(6-15(10-14)25-2)7-18-20(23)22-19(21-18)13-8-16(26-3)11-17(9-13)27-4/h5-11H,1-4H3,(H,21,22,23)/b18-7+. The van der Waals surface area contributed by atoms with Crippen LogP contribution in [0, 0.1) is 0 Å². The van der Waals surface area contributed by atoms with Crippen LogP contribution >= 0.6 is 0 Å². The Bertz CT molecular complexity index is 889. The minimum absolute atomic E-state index is 0.280. The van der Waals surface area contributed by atoms with E-state index < -0.39 is 0 Å². The highest BCUT2D eigenvalue weighted by atomic mass is 16.5. The predicted molar refractivity (Wildman–Crippen MR) is 102 cm³/mol. The van der Waals surface area contributed by atoms with E-state index in [1.165, 1.54) is 0 Å². The summed E-state index contributed by atoms with van der Waals surface area (Å²) in [6.45, 7) is 0. The van der Waals surface area contributed by atoms with Crippen molar-refractivity contribution >= 4 is 17.8 Å². The minimum Gasteiger partial charge on any atom is -0.497 e. The number of amidine groups is 1. The molecule has 27 heavy (non-hydrogen) atoms. The summed E-state index contributed by atoms with van der Waals surface area (Å²) in [5, 5.41) is 2.77. The number of rotatable bonds is 6. The largest absolute Gasteiger partial charge is 0.497 e. The summed E-state index contributed by atoms with van der Waals surface area (Å²) in [4.78, 5) is 16.8. The van der Waals surface area contributed by atoms with Crippen LogP contribution in [0.5, 0.6) is 23.0 Å². The second-order valence-electron chi connectivity index (χ2n) is 5.69. The van der Waals surface area contributed by atoms with Crippen LogP contribution in [0.1, 0.15) is 11.1 Å². The molecule has 0 saturated carbocycles. The first-order chi connectivity index (χ1) is 13.1. The normalized spacial score (nSPS) is 14.6. The fourth-order valence-corrected chi connectivity index (χ4v) is 2.62. The first-order valence-corrected chi connectivity index (χ1v) is 8.14. The third-order valence-corrected chi connectivity index (χ3v) is 4.00. The van der Waals surface area contributed by atoms with Crippen LogP contribution in [0.4, 0.5) is 0 Å². The van der Waals surface area contributed by atoms with Gasteiger partial charge in [0.25, 0.3) is 5.91 Å². The molecular weight excluding hydrogens is 348 g/mol. The molecule has 0 fully saturated rings. The van der Waals surface area contributed by atoms with Gasteiger partial charge in [-0.2, -0.15) is 0 Å². The Balaban J connectivity index is 1.98. The smallest absolute Gasteiger partial charge is 0.275 e. The molecule has 0 radical (unpaired) electrons. The van der Waals surface area contributed by atoms with Crippen LogP contribution in [0.15, 0.2) is 47.1 Å². The Hall–Kier alpha value is -3.48. The van der Waals surface area contributed by atoms with Gasteiger partial charge in [-0.25, -0.2) is 4.99 Å². The number of methoxy groups -OCH3 is 4. The van der Waals surface area contributed by atoms with Crippen LogP contribution < -0.4 is 24.3 Å². The van der Waals surface area contributed by atoms with E-state index in [1.807, 2.05) is 0 Å². The topological polar surface area (TPSA) is 78.4 Å². The van der Waals surface area contributed by atoms with E-state index in [0.717, 1.165) is 5.56 Å². The zero-order valence-corrected chi connectivity index (χ0v) is 15.5. The Morgan fingerprint density at radius 2 is 1.26 bits per heavy atom. The number of carbonyl (C=O) groups is 1. The van der Waals surface area contributed by atoms with E-state index in [9.17, 15) is 4.79 Å². The first-order valence-electron chi connectivity index (χ1n) is 8.14. The Labute approximate surface area is 157 Å². The van der Waals surface area contributed by atoms with Crippen molar-refractivity contribution in [3.8, 4) is 23.0 Å². The molecule has 1 N–H and O–H groups in total. The summed E-state index contributed by atoms with van der Waals surface area (Å²) in [7, 11) is 6.27. The Kier molecular flexibility index (Phi) is 5.30. The molecule has 7 nitrogen and oxygen atoms in total. The molecule has 2 aromatic rings. The third-order valence-electron chi connectivity index (χ3n) is 4.00. The molecule has 2 aromatic carbocycles. The van der Waals surface area contributed by atoms with Crippen molar-refractivity contribution in [2.24, 2.45) is 4.99 Å². The highest BCUT2D eigenvalue weighted by Crippen LogP contribution is 2.27. The molecule has 0 saturated heterocycles. The van der Waals surface area contributed by atoms with E-state index >= 15 is 0 Å². The molecule has 140 valence electrons. The highest BCUT2D eigenvalue weighted by molar-refractivity contribution is 6.20. The number of hydrogen-bond acceptors (Lipinski definition) is 6.